The Kier molecular flexibility index (Phi) is 2.98. The number of benzene rings is 1. The second-order valence-electron chi connectivity index (χ2n) is 3.72. The van der Waals surface area contributed by atoms with Crippen molar-refractivity contribution in [1.82, 2.24) is 0 Å². The molecule has 2 rings (SSSR count). The lowest BCUT2D eigenvalue weighted by atomic mass is 10.0. The number of aromatic carboxylic acids is 1. The van der Waals surface area contributed by atoms with Gasteiger partial charge in [-0.25, -0.2) is 4.79 Å². The maximum absolute atomic E-state index is 12.8. The van der Waals surface area contributed by atoms with E-state index in [1.165, 1.54) is 12.1 Å². The minimum Gasteiger partial charge on any atom is -0.478 e. The molecule has 7 heteroatoms. The predicted octanol–water partition coefficient (Wildman–Crippen LogP) is 2.16. The first kappa shape index (κ1) is 12.4. The molecular weight excluding hydrogens is 249 g/mol. The van der Waals surface area contributed by atoms with Crippen molar-refractivity contribution in [2.45, 2.75) is 6.18 Å². The number of anilines is 1. The average Bonchev–Trinajstić information content (AvgIpc) is 2.48. The summed E-state index contributed by atoms with van der Waals surface area (Å²) in [4.78, 5) is 14.3. The molecule has 1 aliphatic heterocycles. The molecular formula is C11H9F3N2O2. The summed E-state index contributed by atoms with van der Waals surface area (Å²) in [5.41, 5.74) is -1.21. The third kappa shape index (κ3) is 2.29. The molecule has 0 bridgehead atoms. The zero-order chi connectivity index (χ0) is 13.3. The fraction of sp³-hybridized carbons (Fsp3) is 0.273. The highest BCUT2D eigenvalue weighted by Crippen LogP contribution is 2.29. The summed E-state index contributed by atoms with van der Waals surface area (Å²) in [5, 5.41) is 11.6. The smallest absolute Gasteiger partial charge is 0.433 e. The Hall–Kier alpha value is -2.05. The summed E-state index contributed by atoms with van der Waals surface area (Å²) in [5.74, 6) is -1.27. The highest BCUT2D eigenvalue weighted by atomic mass is 19.4. The molecule has 1 aliphatic rings. The van der Waals surface area contributed by atoms with E-state index < -0.39 is 17.9 Å². The molecule has 0 spiro atoms. The average molecular weight is 258 g/mol. The summed E-state index contributed by atoms with van der Waals surface area (Å²) < 4.78 is 38.5. The van der Waals surface area contributed by atoms with Crippen LogP contribution >= 0.6 is 0 Å². The summed E-state index contributed by atoms with van der Waals surface area (Å²) in [6.45, 7) is 0.269. The molecule has 0 atom stereocenters. The zero-order valence-electron chi connectivity index (χ0n) is 9.08. The van der Waals surface area contributed by atoms with E-state index in [1.54, 1.807) is 0 Å². The van der Waals surface area contributed by atoms with E-state index in [0.717, 1.165) is 6.07 Å². The molecule has 0 saturated carbocycles. The number of rotatable bonds is 1. The van der Waals surface area contributed by atoms with Gasteiger partial charge in [-0.2, -0.15) is 13.2 Å². The minimum atomic E-state index is -4.60. The number of carboxylic acid groups (broad SMARTS) is 1. The second kappa shape index (κ2) is 4.32. The number of carbonyl (C=O) groups is 1. The van der Waals surface area contributed by atoms with E-state index in [-0.39, 0.29) is 29.9 Å². The van der Waals surface area contributed by atoms with Crippen LogP contribution in [0.1, 0.15) is 15.9 Å². The van der Waals surface area contributed by atoms with Gasteiger partial charge in [-0.3, -0.25) is 4.99 Å². The lowest BCUT2D eigenvalue weighted by Gasteiger charge is -2.13. The molecule has 18 heavy (non-hydrogen) atoms. The standard InChI is InChI=1S/C11H9F3N2O2/c12-11(13,14)9-7-5-6(10(17)18)1-2-8(7)15-3-4-16-9/h1-2,5,15H,3-4H2,(H,17,18). The van der Waals surface area contributed by atoms with Crippen molar-refractivity contribution in [3.8, 4) is 0 Å². The number of carboxylic acids is 1. The second-order valence-corrected chi connectivity index (χ2v) is 3.72. The van der Waals surface area contributed by atoms with Gasteiger partial charge in [0.05, 0.1) is 12.1 Å². The summed E-state index contributed by atoms with van der Waals surface area (Å²) in [6, 6.07) is 3.57. The molecule has 2 N–H and O–H groups in total. The van der Waals surface area contributed by atoms with Gasteiger partial charge in [-0.1, -0.05) is 0 Å². The van der Waals surface area contributed by atoms with Gasteiger partial charge >= 0.3 is 12.1 Å². The highest BCUT2D eigenvalue weighted by molar-refractivity contribution is 6.10. The molecule has 1 heterocycles. The molecule has 0 fully saturated rings. The van der Waals surface area contributed by atoms with Gasteiger partial charge < -0.3 is 10.4 Å². The van der Waals surface area contributed by atoms with Crippen LogP contribution in [0.15, 0.2) is 23.2 Å². The third-order valence-electron chi connectivity index (χ3n) is 2.49. The van der Waals surface area contributed by atoms with Crippen molar-refractivity contribution in [3.05, 3.63) is 29.3 Å². The third-order valence-corrected chi connectivity index (χ3v) is 2.49. The number of halogens is 3. The van der Waals surface area contributed by atoms with E-state index in [2.05, 4.69) is 10.3 Å². The molecule has 1 aromatic rings. The van der Waals surface area contributed by atoms with Gasteiger partial charge in [0.25, 0.3) is 0 Å². The van der Waals surface area contributed by atoms with Crippen LogP contribution in [0.3, 0.4) is 0 Å². The van der Waals surface area contributed by atoms with E-state index in [1.807, 2.05) is 0 Å². The number of hydrogen-bond donors (Lipinski definition) is 2. The van der Waals surface area contributed by atoms with Crippen LogP contribution in [0, 0.1) is 0 Å². The first-order valence-electron chi connectivity index (χ1n) is 5.13. The van der Waals surface area contributed by atoms with Crippen molar-refractivity contribution in [2.75, 3.05) is 18.4 Å². The topological polar surface area (TPSA) is 61.7 Å². The molecule has 96 valence electrons. The van der Waals surface area contributed by atoms with Crippen LogP contribution in [0.25, 0.3) is 0 Å². The maximum Gasteiger partial charge on any atom is 0.433 e. The first-order valence-corrected chi connectivity index (χ1v) is 5.13. The van der Waals surface area contributed by atoms with Gasteiger partial charge in [-0.15, -0.1) is 0 Å². The molecule has 0 radical (unpaired) electrons. The van der Waals surface area contributed by atoms with Crippen LogP contribution < -0.4 is 5.32 Å². The Balaban J connectivity index is 2.59. The van der Waals surface area contributed by atoms with Gasteiger partial charge in [0.2, 0.25) is 0 Å². The molecule has 0 saturated heterocycles. The van der Waals surface area contributed by atoms with E-state index in [4.69, 9.17) is 5.11 Å². The lowest BCUT2D eigenvalue weighted by molar-refractivity contribution is -0.0581. The Bertz CT molecular complexity index is 524. The Labute approximate surface area is 100 Å². The van der Waals surface area contributed by atoms with Crippen LogP contribution in [-0.2, 0) is 0 Å². The van der Waals surface area contributed by atoms with Gasteiger partial charge in [-0.05, 0) is 18.2 Å². The Morgan fingerprint density at radius 3 is 2.72 bits per heavy atom. The Morgan fingerprint density at radius 2 is 2.11 bits per heavy atom. The van der Waals surface area contributed by atoms with Crippen LogP contribution in [0.2, 0.25) is 0 Å². The molecule has 0 aromatic heterocycles. The fourth-order valence-corrected chi connectivity index (χ4v) is 1.71. The van der Waals surface area contributed by atoms with Gasteiger partial charge in [0.15, 0.2) is 0 Å². The number of nitrogens with zero attached hydrogens (tertiary/aromatic N) is 1. The SMILES string of the molecule is O=C(O)c1ccc2c(c1)C(C(F)(F)F)=NCCN2. The minimum absolute atomic E-state index is 0.00801. The summed E-state index contributed by atoms with van der Waals surface area (Å²) in [7, 11) is 0. The Morgan fingerprint density at radius 1 is 1.39 bits per heavy atom. The normalized spacial score (nSPS) is 15.2. The first-order chi connectivity index (χ1) is 8.39. The molecule has 0 amide bonds. The number of aliphatic imine (C=N–C) groups is 1. The lowest BCUT2D eigenvalue weighted by Crippen LogP contribution is -2.24. The molecule has 0 aliphatic carbocycles. The van der Waals surface area contributed by atoms with Crippen molar-refractivity contribution < 1.29 is 23.1 Å². The predicted molar refractivity (Wildman–Crippen MR) is 59.4 cm³/mol. The van der Waals surface area contributed by atoms with Gasteiger partial charge in [0.1, 0.15) is 5.71 Å². The molecule has 1 aromatic carbocycles. The van der Waals surface area contributed by atoms with Crippen LogP contribution in [0.4, 0.5) is 18.9 Å². The number of nitrogens with one attached hydrogen (secondary N) is 1. The highest BCUT2D eigenvalue weighted by Gasteiger charge is 2.38. The quantitative estimate of drug-likeness (QED) is 0.811. The number of hydrogen-bond acceptors (Lipinski definition) is 3. The van der Waals surface area contributed by atoms with Crippen LogP contribution in [0.5, 0.6) is 0 Å². The van der Waals surface area contributed by atoms with E-state index >= 15 is 0 Å². The van der Waals surface area contributed by atoms with E-state index in [0.29, 0.717) is 0 Å². The maximum atomic E-state index is 12.8. The number of alkyl halides is 3. The van der Waals surface area contributed by atoms with Crippen molar-refractivity contribution >= 4 is 17.4 Å². The largest absolute Gasteiger partial charge is 0.478 e. The molecule has 0 unspecified atom stereocenters. The van der Waals surface area contributed by atoms with Crippen LogP contribution in [-0.4, -0.2) is 36.1 Å². The van der Waals surface area contributed by atoms with E-state index in [9.17, 15) is 18.0 Å². The van der Waals surface area contributed by atoms with Crippen molar-refractivity contribution in [2.24, 2.45) is 4.99 Å². The monoisotopic (exact) mass is 258 g/mol. The zero-order valence-corrected chi connectivity index (χ0v) is 9.08. The fourth-order valence-electron chi connectivity index (χ4n) is 1.71. The van der Waals surface area contributed by atoms with Crippen molar-refractivity contribution in [1.29, 1.82) is 0 Å². The number of benzodiazepines with no additional fused rings is 1. The van der Waals surface area contributed by atoms with Crippen molar-refractivity contribution in [3.63, 3.8) is 0 Å². The summed E-state index contributed by atoms with van der Waals surface area (Å²) in [6.07, 6.45) is -4.60. The molecule has 4 nitrogen and oxygen atoms in total. The van der Waals surface area contributed by atoms with Gasteiger partial charge in [0, 0.05) is 17.8 Å². The number of fused-ring (bicyclic) bond motifs is 1. The summed E-state index contributed by atoms with van der Waals surface area (Å²) >= 11 is 0.